The van der Waals surface area contributed by atoms with Crippen molar-refractivity contribution in [1.29, 1.82) is 0 Å². The van der Waals surface area contributed by atoms with Crippen molar-refractivity contribution in [1.82, 2.24) is 10.1 Å². The van der Waals surface area contributed by atoms with E-state index in [0.29, 0.717) is 36.0 Å². The summed E-state index contributed by atoms with van der Waals surface area (Å²) in [5.74, 6) is 0.671. The van der Waals surface area contributed by atoms with Crippen molar-refractivity contribution < 1.29 is 22.6 Å². The standard InChI is InChI=1S/C16H14N4O6S2/c1-9-17-15(26-18-9)14-12-6-7-25-8-13(12)27-16(14)19-28(23,24)11-4-2-10(3-5-11)20(21)22/h2-5,19H,6-8H2,1H3. The van der Waals surface area contributed by atoms with Gasteiger partial charge in [0.25, 0.3) is 21.6 Å². The van der Waals surface area contributed by atoms with Gasteiger partial charge < -0.3 is 9.26 Å². The number of hydrogen-bond donors (Lipinski definition) is 1. The first-order valence-electron chi connectivity index (χ1n) is 8.15. The molecule has 12 heteroatoms. The zero-order chi connectivity index (χ0) is 19.9. The lowest BCUT2D eigenvalue weighted by molar-refractivity contribution is -0.384. The van der Waals surface area contributed by atoms with Gasteiger partial charge in [-0.3, -0.25) is 14.8 Å². The van der Waals surface area contributed by atoms with Crippen molar-refractivity contribution in [3.05, 3.63) is 50.6 Å². The largest absolute Gasteiger partial charge is 0.376 e. The maximum atomic E-state index is 12.8. The van der Waals surface area contributed by atoms with Gasteiger partial charge in [0, 0.05) is 17.0 Å². The van der Waals surface area contributed by atoms with Crippen LogP contribution in [0.1, 0.15) is 16.3 Å². The number of anilines is 1. The van der Waals surface area contributed by atoms with Crippen molar-refractivity contribution in [3.63, 3.8) is 0 Å². The number of hydrogen-bond acceptors (Lipinski definition) is 9. The topological polar surface area (TPSA) is 137 Å². The predicted octanol–water partition coefficient (Wildman–Crippen LogP) is 2.89. The molecule has 0 radical (unpaired) electrons. The Labute approximate surface area is 163 Å². The van der Waals surface area contributed by atoms with E-state index in [-0.39, 0.29) is 16.5 Å². The highest BCUT2D eigenvalue weighted by Crippen LogP contribution is 2.43. The van der Waals surface area contributed by atoms with E-state index in [9.17, 15) is 18.5 Å². The molecule has 0 aliphatic carbocycles. The minimum atomic E-state index is -3.97. The van der Waals surface area contributed by atoms with Crippen LogP contribution in [0.5, 0.6) is 0 Å². The highest BCUT2D eigenvalue weighted by molar-refractivity contribution is 7.93. The van der Waals surface area contributed by atoms with Crippen LogP contribution >= 0.6 is 11.3 Å². The normalized spacial score (nSPS) is 13.9. The Morgan fingerprint density at radius 3 is 2.68 bits per heavy atom. The van der Waals surface area contributed by atoms with Crippen LogP contribution in [-0.2, 0) is 27.8 Å². The molecule has 0 amide bonds. The van der Waals surface area contributed by atoms with Gasteiger partial charge in [-0.2, -0.15) is 4.98 Å². The number of ether oxygens (including phenoxy) is 1. The molecule has 0 saturated carbocycles. The molecule has 1 aliphatic heterocycles. The highest BCUT2D eigenvalue weighted by Gasteiger charge is 2.28. The minimum absolute atomic E-state index is 0.0895. The van der Waals surface area contributed by atoms with E-state index in [1.54, 1.807) is 6.92 Å². The average Bonchev–Trinajstić information content (AvgIpc) is 3.24. The number of nitrogens with one attached hydrogen (secondary N) is 1. The summed E-state index contributed by atoms with van der Waals surface area (Å²) in [6.07, 6.45) is 0.599. The van der Waals surface area contributed by atoms with Crippen LogP contribution in [0.4, 0.5) is 10.7 Å². The third kappa shape index (κ3) is 3.37. The summed E-state index contributed by atoms with van der Waals surface area (Å²) >= 11 is 1.24. The highest BCUT2D eigenvalue weighted by atomic mass is 32.2. The first-order chi connectivity index (χ1) is 13.3. The van der Waals surface area contributed by atoms with Gasteiger partial charge in [0.15, 0.2) is 5.82 Å². The van der Waals surface area contributed by atoms with Gasteiger partial charge in [-0.25, -0.2) is 8.42 Å². The van der Waals surface area contributed by atoms with Crippen molar-refractivity contribution >= 4 is 32.0 Å². The van der Waals surface area contributed by atoms with E-state index >= 15 is 0 Å². The van der Waals surface area contributed by atoms with Gasteiger partial charge in [0.2, 0.25) is 0 Å². The number of rotatable bonds is 5. The quantitative estimate of drug-likeness (QED) is 0.489. The molecular weight excluding hydrogens is 408 g/mol. The fraction of sp³-hybridized carbons (Fsp3) is 0.250. The Hall–Kier alpha value is -2.83. The number of thiophene rings is 1. The SMILES string of the molecule is Cc1noc(-c2c(NS(=O)(=O)c3ccc([N+](=O)[O-])cc3)sc3c2CCOC3)n1. The molecule has 146 valence electrons. The maximum absolute atomic E-state index is 12.8. The van der Waals surface area contributed by atoms with Crippen LogP contribution in [0.2, 0.25) is 0 Å². The molecule has 3 aromatic rings. The lowest BCUT2D eigenvalue weighted by Crippen LogP contribution is -2.13. The van der Waals surface area contributed by atoms with Crippen LogP contribution in [-0.4, -0.2) is 30.1 Å². The Bertz CT molecular complexity index is 1150. The third-order valence-electron chi connectivity index (χ3n) is 4.15. The van der Waals surface area contributed by atoms with E-state index in [2.05, 4.69) is 14.9 Å². The smallest absolute Gasteiger partial charge is 0.269 e. The molecule has 2 aromatic heterocycles. The second-order valence-electron chi connectivity index (χ2n) is 6.01. The zero-order valence-electron chi connectivity index (χ0n) is 14.5. The molecule has 1 aromatic carbocycles. The summed E-state index contributed by atoms with van der Waals surface area (Å²) in [5.41, 5.74) is 1.28. The minimum Gasteiger partial charge on any atom is -0.376 e. The first kappa shape index (κ1) is 18.5. The second kappa shape index (κ2) is 6.96. The molecule has 10 nitrogen and oxygen atoms in total. The molecule has 1 aliphatic rings. The van der Waals surface area contributed by atoms with Crippen molar-refractivity contribution in [2.45, 2.75) is 24.8 Å². The molecule has 3 heterocycles. The van der Waals surface area contributed by atoms with Gasteiger partial charge in [-0.1, -0.05) is 5.16 Å². The monoisotopic (exact) mass is 422 g/mol. The van der Waals surface area contributed by atoms with Crippen LogP contribution < -0.4 is 4.72 Å². The third-order valence-corrected chi connectivity index (χ3v) is 6.76. The lowest BCUT2D eigenvalue weighted by Gasteiger charge is -2.12. The molecule has 0 unspecified atom stereocenters. The molecular formula is C16H14N4O6S2. The van der Waals surface area contributed by atoms with E-state index < -0.39 is 14.9 Å². The molecule has 1 N–H and O–H groups in total. The summed E-state index contributed by atoms with van der Waals surface area (Å²) in [4.78, 5) is 15.2. The molecule has 0 atom stereocenters. The number of aromatic nitrogens is 2. The Morgan fingerprint density at radius 2 is 2.04 bits per heavy atom. The van der Waals surface area contributed by atoms with Crippen LogP contribution in [0.25, 0.3) is 11.5 Å². The predicted molar refractivity (Wildman–Crippen MR) is 99.6 cm³/mol. The van der Waals surface area contributed by atoms with E-state index in [0.717, 1.165) is 22.6 Å². The maximum Gasteiger partial charge on any atom is 0.269 e. The summed E-state index contributed by atoms with van der Waals surface area (Å²) in [6, 6.07) is 4.66. The fourth-order valence-corrected chi connectivity index (χ4v) is 5.34. The summed E-state index contributed by atoms with van der Waals surface area (Å²) in [7, 11) is -3.97. The molecule has 4 rings (SSSR count). The summed E-state index contributed by atoms with van der Waals surface area (Å²) < 4.78 is 38.9. The molecule has 28 heavy (non-hydrogen) atoms. The number of fused-ring (bicyclic) bond motifs is 1. The number of aryl methyl sites for hydroxylation is 1. The number of benzene rings is 1. The number of non-ortho nitro benzene ring substituents is 1. The van der Waals surface area contributed by atoms with Crippen LogP contribution in [0.15, 0.2) is 33.7 Å². The van der Waals surface area contributed by atoms with Crippen molar-refractivity contribution in [2.75, 3.05) is 11.3 Å². The van der Waals surface area contributed by atoms with Crippen LogP contribution in [0.3, 0.4) is 0 Å². The molecule has 0 saturated heterocycles. The van der Waals surface area contributed by atoms with E-state index in [1.165, 1.54) is 23.5 Å². The van der Waals surface area contributed by atoms with Gasteiger partial charge in [0.05, 0.1) is 28.6 Å². The average molecular weight is 422 g/mol. The zero-order valence-corrected chi connectivity index (χ0v) is 16.2. The second-order valence-corrected chi connectivity index (χ2v) is 8.80. The summed E-state index contributed by atoms with van der Waals surface area (Å²) in [6.45, 7) is 2.56. The van der Waals surface area contributed by atoms with Gasteiger partial charge in [-0.15, -0.1) is 11.3 Å². The van der Waals surface area contributed by atoms with E-state index in [4.69, 9.17) is 9.26 Å². The van der Waals surface area contributed by atoms with E-state index in [1.807, 2.05) is 0 Å². The number of nitro benzene ring substituents is 1. The van der Waals surface area contributed by atoms with Crippen molar-refractivity contribution in [3.8, 4) is 11.5 Å². The Kier molecular flexibility index (Phi) is 4.61. The van der Waals surface area contributed by atoms with Gasteiger partial charge in [-0.05, 0) is 31.0 Å². The molecule has 0 bridgehead atoms. The molecule has 0 spiro atoms. The number of nitro groups is 1. The van der Waals surface area contributed by atoms with Crippen LogP contribution in [0, 0.1) is 17.0 Å². The Morgan fingerprint density at radius 1 is 1.29 bits per heavy atom. The summed E-state index contributed by atoms with van der Waals surface area (Å²) in [5, 5.41) is 14.9. The van der Waals surface area contributed by atoms with Crippen molar-refractivity contribution in [2.24, 2.45) is 0 Å². The number of nitrogens with zero attached hydrogens (tertiary/aromatic N) is 3. The fourth-order valence-electron chi connectivity index (χ4n) is 2.86. The van der Waals surface area contributed by atoms with Gasteiger partial charge >= 0.3 is 0 Å². The first-order valence-corrected chi connectivity index (χ1v) is 10.5. The molecule has 0 fully saturated rings. The number of sulfonamides is 1. The Balaban J connectivity index is 1.74. The lowest BCUT2D eigenvalue weighted by atomic mass is 10.1. The van der Waals surface area contributed by atoms with Gasteiger partial charge in [0.1, 0.15) is 5.00 Å².